The molecule has 6 heteroatoms. The van der Waals surface area contributed by atoms with Crippen LogP contribution in [-0.2, 0) is 9.59 Å². The minimum Gasteiger partial charge on any atom is -0.291 e. The van der Waals surface area contributed by atoms with Gasteiger partial charge in [0.25, 0.3) is 0 Å². The molecule has 1 spiro atoms. The Labute approximate surface area is 189 Å². The van der Waals surface area contributed by atoms with E-state index in [2.05, 4.69) is 0 Å². The maximum absolute atomic E-state index is 13.9. The third kappa shape index (κ3) is 2.08. The number of hydrogen-bond donors (Lipinski definition) is 0. The van der Waals surface area contributed by atoms with Crippen molar-refractivity contribution >= 4 is 39.8 Å². The maximum Gasteiger partial charge on any atom is 0.240 e. The molecule has 6 nitrogen and oxygen atoms in total. The number of carbonyl (C=O) groups excluding carboxylic acids is 4. The number of amides is 2. The zero-order valence-electron chi connectivity index (χ0n) is 17.7. The summed E-state index contributed by atoms with van der Waals surface area (Å²) in [6, 6.07) is 19.8. The number of Topliss-reactive ketones (excluding diaryl/α,β-unsaturated/α-hetero) is 2. The van der Waals surface area contributed by atoms with Crippen LogP contribution < -0.4 is 4.90 Å². The molecule has 3 atom stereocenters. The predicted octanol–water partition coefficient (Wildman–Crippen LogP) is 3.24. The highest BCUT2D eigenvalue weighted by Gasteiger charge is 2.76. The van der Waals surface area contributed by atoms with Gasteiger partial charge in [-0.3, -0.25) is 24.1 Å². The molecule has 3 aromatic carbocycles. The second-order valence-electron chi connectivity index (χ2n) is 9.42. The molecule has 0 radical (unpaired) electrons. The molecular weight excluding hydrogens is 416 g/mol. The third-order valence-electron chi connectivity index (χ3n) is 8.07. The van der Waals surface area contributed by atoms with E-state index in [1.807, 2.05) is 41.3 Å². The van der Waals surface area contributed by atoms with E-state index in [9.17, 15) is 19.2 Å². The van der Waals surface area contributed by atoms with Gasteiger partial charge in [-0.2, -0.15) is 0 Å². The Balaban J connectivity index is 1.41. The molecule has 3 saturated heterocycles. The average Bonchev–Trinajstić information content (AvgIpc) is 3.53. The zero-order valence-corrected chi connectivity index (χ0v) is 17.7. The highest BCUT2D eigenvalue weighted by atomic mass is 16.2. The number of ketones is 2. The Morgan fingerprint density at radius 3 is 2.15 bits per heavy atom. The third-order valence-corrected chi connectivity index (χ3v) is 8.07. The van der Waals surface area contributed by atoms with Crippen LogP contribution in [0.25, 0.3) is 10.8 Å². The number of carbonyl (C=O) groups is 4. The van der Waals surface area contributed by atoms with Crippen LogP contribution in [0.15, 0.2) is 66.7 Å². The molecule has 3 aliphatic heterocycles. The van der Waals surface area contributed by atoms with E-state index in [0.29, 0.717) is 29.8 Å². The molecule has 0 N–H and O–H groups in total. The van der Waals surface area contributed by atoms with Crippen molar-refractivity contribution in [3.8, 4) is 0 Å². The Morgan fingerprint density at radius 1 is 0.758 bits per heavy atom. The number of fused-ring (bicyclic) bond motifs is 7. The van der Waals surface area contributed by atoms with Gasteiger partial charge in [0.2, 0.25) is 11.8 Å². The summed E-state index contributed by atoms with van der Waals surface area (Å²) in [6.07, 6.45) is 1.49. The Kier molecular flexibility index (Phi) is 3.57. The molecule has 0 saturated carbocycles. The largest absolute Gasteiger partial charge is 0.291 e. The van der Waals surface area contributed by atoms with E-state index in [1.165, 1.54) is 4.90 Å². The first-order chi connectivity index (χ1) is 16.0. The van der Waals surface area contributed by atoms with E-state index in [-0.39, 0.29) is 23.5 Å². The van der Waals surface area contributed by atoms with Gasteiger partial charge in [-0.1, -0.05) is 54.6 Å². The van der Waals surface area contributed by atoms with Gasteiger partial charge in [-0.15, -0.1) is 0 Å². The first-order valence-electron chi connectivity index (χ1n) is 11.4. The summed E-state index contributed by atoms with van der Waals surface area (Å²) in [4.78, 5) is 58.5. The SMILES string of the molecule is O=C1[C@H]2[C@@H](C(=O)N1c1ccc3ccccc3c1)C1(C(=O)c3ccccc3C1=O)N1CCC[C@@H]21. The van der Waals surface area contributed by atoms with E-state index < -0.39 is 23.3 Å². The number of hydrogen-bond acceptors (Lipinski definition) is 5. The number of anilines is 1. The van der Waals surface area contributed by atoms with Gasteiger partial charge in [0.1, 0.15) is 0 Å². The van der Waals surface area contributed by atoms with Gasteiger partial charge in [0.15, 0.2) is 17.1 Å². The quantitative estimate of drug-likeness (QED) is 0.433. The van der Waals surface area contributed by atoms with Crippen LogP contribution in [0.3, 0.4) is 0 Å². The van der Waals surface area contributed by atoms with Crippen LogP contribution in [0.1, 0.15) is 33.6 Å². The van der Waals surface area contributed by atoms with Crippen LogP contribution in [0, 0.1) is 11.8 Å². The number of imide groups is 1. The Morgan fingerprint density at radius 2 is 1.42 bits per heavy atom. The molecule has 0 aromatic heterocycles. The Bertz CT molecular complexity index is 1390. The minimum absolute atomic E-state index is 0.279. The minimum atomic E-state index is -1.60. The standard InChI is InChI=1S/C27H20N2O4/c30-23-18-8-3-4-9-19(18)24(31)27(23)22-21(20-10-5-13-28(20)27)25(32)29(26(22)33)17-12-11-15-6-1-2-7-16(15)14-17/h1-4,6-9,11-12,14,20-22H,5,10,13H2/t20-,21+,22-/m0/s1. The lowest BCUT2D eigenvalue weighted by molar-refractivity contribution is -0.124. The summed E-state index contributed by atoms with van der Waals surface area (Å²) in [5, 5.41) is 1.93. The van der Waals surface area contributed by atoms with Crippen molar-refractivity contribution in [3.05, 3.63) is 77.9 Å². The van der Waals surface area contributed by atoms with E-state index in [0.717, 1.165) is 17.2 Å². The van der Waals surface area contributed by atoms with Crippen molar-refractivity contribution < 1.29 is 19.2 Å². The lowest BCUT2D eigenvalue weighted by Crippen LogP contribution is -2.59. The topological polar surface area (TPSA) is 74.8 Å². The summed E-state index contributed by atoms with van der Waals surface area (Å²) in [5.41, 5.74) is -0.391. The maximum atomic E-state index is 13.9. The molecule has 7 rings (SSSR count). The van der Waals surface area contributed by atoms with Crippen molar-refractivity contribution in [2.24, 2.45) is 11.8 Å². The first-order valence-corrected chi connectivity index (χ1v) is 11.4. The van der Waals surface area contributed by atoms with Gasteiger partial charge in [0, 0.05) is 17.2 Å². The zero-order chi connectivity index (χ0) is 22.5. The van der Waals surface area contributed by atoms with Gasteiger partial charge in [0.05, 0.1) is 17.5 Å². The number of benzene rings is 3. The molecule has 3 fully saturated rings. The highest BCUT2D eigenvalue weighted by Crippen LogP contribution is 2.57. The van der Waals surface area contributed by atoms with E-state index >= 15 is 0 Å². The number of nitrogens with zero attached hydrogens (tertiary/aromatic N) is 2. The van der Waals surface area contributed by atoms with Crippen LogP contribution in [0.5, 0.6) is 0 Å². The molecule has 33 heavy (non-hydrogen) atoms. The van der Waals surface area contributed by atoms with Crippen LogP contribution in [-0.4, -0.2) is 46.4 Å². The normalized spacial score (nSPS) is 27.6. The van der Waals surface area contributed by atoms with Gasteiger partial charge < -0.3 is 0 Å². The van der Waals surface area contributed by atoms with Crippen LogP contribution >= 0.6 is 0 Å². The average molecular weight is 436 g/mol. The fourth-order valence-electron chi connectivity index (χ4n) is 6.81. The lowest BCUT2D eigenvalue weighted by atomic mass is 9.76. The molecule has 3 aromatic rings. The van der Waals surface area contributed by atoms with Gasteiger partial charge in [-0.25, -0.2) is 4.90 Å². The second kappa shape index (κ2) is 6.23. The molecule has 4 aliphatic rings. The van der Waals surface area contributed by atoms with Crippen molar-refractivity contribution in [1.82, 2.24) is 4.90 Å². The fraction of sp³-hybridized carbons (Fsp3) is 0.259. The fourth-order valence-corrected chi connectivity index (χ4v) is 6.81. The summed E-state index contributed by atoms with van der Waals surface area (Å²) < 4.78 is 0. The van der Waals surface area contributed by atoms with Crippen LogP contribution in [0.2, 0.25) is 0 Å². The van der Waals surface area contributed by atoms with Crippen molar-refractivity contribution in [2.75, 3.05) is 11.4 Å². The predicted molar refractivity (Wildman–Crippen MR) is 121 cm³/mol. The smallest absolute Gasteiger partial charge is 0.240 e. The first kappa shape index (κ1) is 18.9. The van der Waals surface area contributed by atoms with E-state index in [4.69, 9.17) is 0 Å². The summed E-state index contributed by atoms with van der Waals surface area (Å²) in [5.74, 6) is -3.08. The molecule has 0 unspecified atom stereocenters. The van der Waals surface area contributed by atoms with Gasteiger partial charge >= 0.3 is 0 Å². The van der Waals surface area contributed by atoms with Crippen molar-refractivity contribution in [2.45, 2.75) is 24.4 Å². The number of rotatable bonds is 1. The lowest BCUT2D eigenvalue weighted by Gasteiger charge is -2.35. The highest BCUT2D eigenvalue weighted by molar-refractivity contribution is 6.37. The molecule has 162 valence electrons. The molecule has 2 amide bonds. The molecule has 3 heterocycles. The molecular formula is C27H20N2O4. The monoisotopic (exact) mass is 436 g/mol. The van der Waals surface area contributed by atoms with Crippen molar-refractivity contribution in [1.29, 1.82) is 0 Å². The summed E-state index contributed by atoms with van der Waals surface area (Å²) >= 11 is 0. The van der Waals surface area contributed by atoms with Crippen molar-refractivity contribution in [3.63, 3.8) is 0 Å². The second-order valence-corrected chi connectivity index (χ2v) is 9.42. The molecule has 1 aliphatic carbocycles. The molecule has 0 bridgehead atoms. The van der Waals surface area contributed by atoms with Gasteiger partial charge in [-0.05, 0) is 42.3 Å². The summed E-state index contributed by atoms with van der Waals surface area (Å²) in [7, 11) is 0. The van der Waals surface area contributed by atoms with Crippen LogP contribution in [0.4, 0.5) is 5.69 Å². The Hall–Kier alpha value is -3.64. The summed E-state index contributed by atoms with van der Waals surface area (Å²) in [6.45, 7) is 0.541. The van der Waals surface area contributed by atoms with E-state index in [1.54, 1.807) is 30.3 Å².